The van der Waals surface area contributed by atoms with Gasteiger partial charge in [0.25, 0.3) is 0 Å². The maximum absolute atomic E-state index is 12.3. The third-order valence-electron chi connectivity index (χ3n) is 5.41. The van der Waals surface area contributed by atoms with Crippen LogP contribution in [0.15, 0.2) is 29.4 Å². The number of carbonyl (C=O) groups is 1. The molecule has 1 aromatic rings. The van der Waals surface area contributed by atoms with Crippen molar-refractivity contribution < 1.29 is 4.79 Å². The Morgan fingerprint density at radius 2 is 2.05 bits per heavy atom. The largest absolute Gasteiger partial charge is 0.378 e. The number of carbonyl (C=O) groups excluding carboxylic acids is 1. The quantitative estimate of drug-likeness (QED) is 0.686. The molecule has 0 saturated heterocycles. The van der Waals surface area contributed by atoms with Gasteiger partial charge in [-0.25, -0.2) is 5.43 Å². The van der Waals surface area contributed by atoms with Crippen molar-refractivity contribution in [1.29, 1.82) is 0 Å². The molecule has 1 N–H and O–H groups in total. The van der Waals surface area contributed by atoms with Gasteiger partial charge in [-0.1, -0.05) is 31.9 Å². The topological polar surface area (TPSA) is 44.7 Å². The summed E-state index contributed by atoms with van der Waals surface area (Å²) < 4.78 is 0. The van der Waals surface area contributed by atoms with E-state index in [-0.39, 0.29) is 17.2 Å². The molecule has 0 heterocycles. The fourth-order valence-electron chi connectivity index (χ4n) is 3.95. The van der Waals surface area contributed by atoms with Crippen LogP contribution in [0.4, 0.5) is 5.69 Å². The number of nitrogens with zero attached hydrogens (tertiary/aromatic N) is 2. The molecular weight excluding hydrogens is 274 g/mol. The van der Waals surface area contributed by atoms with E-state index in [0.29, 0.717) is 5.92 Å². The molecule has 2 aliphatic rings. The number of benzene rings is 1. The van der Waals surface area contributed by atoms with Crippen molar-refractivity contribution in [3.63, 3.8) is 0 Å². The average Bonchev–Trinajstić information content (AvgIpc) is 3.13. The molecular formula is C18H25N3O. The van der Waals surface area contributed by atoms with Crippen molar-refractivity contribution >= 4 is 17.8 Å². The molecule has 0 spiro atoms. The highest BCUT2D eigenvalue weighted by Gasteiger charge is 2.64. The molecule has 3 atom stereocenters. The normalized spacial score (nSPS) is 30.0. The summed E-state index contributed by atoms with van der Waals surface area (Å²) in [5.74, 6) is 0.842. The summed E-state index contributed by atoms with van der Waals surface area (Å²) >= 11 is 0. The summed E-state index contributed by atoms with van der Waals surface area (Å²) in [5.41, 5.74) is 5.11. The van der Waals surface area contributed by atoms with Crippen LogP contribution in [0.5, 0.6) is 0 Å². The Morgan fingerprint density at radius 1 is 1.32 bits per heavy atom. The van der Waals surface area contributed by atoms with Crippen molar-refractivity contribution in [2.75, 3.05) is 19.0 Å². The van der Waals surface area contributed by atoms with Gasteiger partial charge in [-0.2, -0.15) is 5.10 Å². The van der Waals surface area contributed by atoms with Crippen LogP contribution in [0, 0.1) is 17.3 Å². The molecule has 0 unspecified atom stereocenters. The lowest BCUT2D eigenvalue weighted by Gasteiger charge is -2.15. The standard InChI is InChI=1S/C18H25N3O/c1-18-11-5-4-6-15(18)16(18)17(22)20-19-12-13-7-9-14(10-8-13)21(2)3/h7-10,12,15-16H,4-6,11H2,1-3H3,(H,20,22)/b19-12-/t15-,16-,18-/m0/s1. The van der Waals surface area contributed by atoms with Gasteiger partial charge in [0.05, 0.1) is 6.21 Å². The molecule has 118 valence electrons. The zero-order valence-electron chi connectivity index (χ0n) is 13.7. The summed E-state index contributed by atoms with van der Waals surface area (Å²) in [5, 5.41) is 4.13. The Labute approximate surface area is 132 Å². The first-order valence-corrected chi connectivity index (χ1v) is 8.13. The van der Waals surface area contributed by atoms with Gasteiger partial charge in [0, 0.05) is 25.7 Å². The predicted molar refractivity (Wildman–Crippen MR) is 90.1 cm³/mol. The van der Waals surface area contributed by atoms with Crippen LogP contribution in [0.2, 0.25) is 0 Å². The van der Waals surface area contributed by atoms with E-state index < -0.39 is 0 Å². The first-order chi connectivity index (χ1) is 10.5. The van der Waals surface area contributed by atoms with Gasteiger partial charge >= 0.3 is 0 Å². The van der Waals surface area contributed by atoms with Gasteiger partial charge < -0.3 is 4.90 Å². The van der Waals surface area contributed by atoms with Crippen molar-refractivity contribution in [1.82, 2.24) is 5.43 Å². The van der Waals surface area contributed by atoms with Gasteiger partial charge in [-0.15, -0.1) is 0 Å². The smallest absolute Gasteiger partial charge is 0.244 e. The lowest BCUT2D eigenvalue weighted by Crippen LogP contribution is -2.22. The molecule has 3 rings (SSSR count). The van der Waals surface area contributed by atoms with Crippen molar-refractivity contribution in [3.05, 3.63) is 29.8 Å². The lowest BCUT2D eigenvalue weighted by molar-refractivity contribution is -0.123. The molecule has 1 aromatic carbocycles. The number of rotatable bonds is 4. The van der Waals surface area contributed by atoms with Crippen LogP contribution >= 0.6 is 0 Å². The first kappa shape index (κ1) is 15.1. The molecule has 0 aliphatic heterocycles. The van der Waals surface area contributed by atoms with Crippen LogP contribution < -0.4 is 10.3 Å². The van der Waals surface area contributed by atoms with Crippen LogP contribution in [0.25, 0.3) is 0 Å². The van der Waals surface area contributed by atoms with E-state index in [1.54, 1.807) is 6.21 Å². The maximum Gasteiger partial charge on any atom is 0.244 e. The molecule has 2 fully saturated rings. The van der Waals surface area contributed by atoms with E-state index in [4.69, 9.17) is 0 Å². The Balaban J connectivity index is 1.55. The molecule has 0 radical (unpaired) electrons. The van der Waals surface area contributed by atoms with Gasteiger partial charge in [0.1, 0.15) is 0 Å². The van der Waals surface area contributed by atoms with Crippen molar-refractivity contribution in [2.45, 2.75) is 32.6 Å². The molecule has 4 nitrogen and oxygen atoms in total. The van der Waals surface area contributed by atoms with E-state index in [9.17, 15) is 4.79 Å². The summed E-state index contributed by atoms with van der Waals surface area (Å²) in [4.78, 5) is 14.3. The number of hydrogen-bond donors (Lipinski definition) is 1. The predicted octanol–water partition coefficient (Wildman–Crippen LogP) is 3.03. The number of nitrogens with one attached hydrogen (secondary N) is 1. The van der Waals surface area contributed by atoms with E-state index in [2.05, 4.69) is 22.4 Å². The van der Waals surface area contributed by atoms with Gasteiger partial charge in [-0.05, 0) is 41.9 Å². The molecule has 2 aliphatic carbocycles. The third kappa shape index (κ3) is 2.74. The highest BCUT2D eigenvalue weighted by atomic mass is 16.2. The summed E-state index contributed by atoms with van der Waals surface area (Å²) in [6.07, 6.45) is 6.63. The molecule has 22 heavy (non-hydrogen) atoms. The summed E-state index contributed by atoms with van der Waals surface area (Å²) in [7, 11) is 4.03. The number of amides is 1. The molecule has 0 aromatic heterocycles. The van der Waals surface area contributed by atoms with Gasteiger partial charge in [0.15, 0.2) is 0 Å². The summed E-state index contributed by atoms with van der Waals surface area (Å²) in [6.45, 7) is 2.25. The number of fused-ring (bicyclic) bond motifs is 1. The number of hydrazone groups is 1. The zero-order chi connectivity index (χ0) is 15.7. The van der Waals surface area contributed by atoms with Gasteiger partial charge in [0.2, 0.25) is 5.91 Å². The molecule has 0 bridgehead atoms. The second-order valence-electron chi connectivity index (χ2n) is 7.06. The monoisotopic (exact) mass is 299 g/mol. The van der Waals surface area contributed by atoms with Crippen LogP contribution in [-0.2, 0) is 4.79 Å². The Kier molecular flexibility index (Phi) is 3.94. The van der Waals surface area contributed by atoms with E-state index >= 15 is 0 Å². The summed E-state index contributed by atoms with van der Waals surface area (Å²) in [6, 6.07) is 8.09. The van der Waals surface area contributed by atoms with Crippen molar-refractivity contribution in [2.24, 2.45) is 22.4 Å². The third-order valence-corrected chi connectivity index (χ3v) is 5.41. The minimum atomic E-state index is 0.0931. The minimum Gasteiger partial charge on any atom is -0.378 e. The maximum atomic E-state index is 12.3. The fraction of sp³-hybridized carbons (Fsp3) is 0.556. The Hall–Kier alpha value is -1.84. The highest BCUT2D eigenvalue weighted by molar-refractivity contribution is 5.86. The molecule has 1 amide bonds. The Morgan fingerprint density at radius 3 is 2.64 bits per heavy atom. The number of anilines is 1. The Bertz CT molecular complexity index is 578. The van der Waals surface area contributed by atoms with E-state index in [1.165, 1.54) is 25.7 Å². The lowest BCUT2D eigenvalue weighted by atomic mass is 9.90. The zero-order valence-corrected chi connectivity index (χ0v) is 13.7. The van der Waals surface area contributed by atoms with E-state index in [1.807, 2.05) is 38.4 Å². The second-order valence-corrected chi connectivity index (χ2v) is 7.06. The minimum absolute atomic E-state index is 0.0931. The first-order valence-electron chi connectivity index (χ1n) is 8.13. The average molecular weight is 299 g/mol. The van der Waals surface area contributed by atoms with Crippen LogP contribution in [-0.4, -0.2) is 26.2 Å². The van der Waals surface area contributed by atoms with Gasteiger partial charge in [-0.3, -0.25) is 4.79 Å². The van der Waals surface area contributed by atoms with Crippen LogP contribution in [0.1, 0.15) is 38.2 Å². The van der Waals surface area contributed by atoms with E-state index in [0.717, 1.165) is 11.3 Å². The van der Waals surface area contributed by atoms with Crippen LogP contribution in [0.3, 0.4) is 0 Å². The number of hydrogen-bond acceptors (Lipinski definition) is 3. The highest BCUT2D eigenvalue weighted by Crippen LogP contribution is 2.66. The van der Waals surface area contributed by atoms with Crippen molar-refractivity contribution in [3.8, 4) is 0 Å². The fourth-order valence-corrected chi connectivity index (χ4v) is 3.95. The molecule has 4 heteroatoms. The SMILES string of the molecule is CN(C)c1ccc(/C=N\NC(=O)[C@@H]2[C@@H]3CCCC[C@]23C)cc1. The molecule has 2 saturated carbocycles. The second kappa shape index (κ2) is 5.75.